The smallest absolute Gasteiger partial charge is 0.274 e. The molecule has 0 aliphatic carbocycles. The van der Waals surface area contributed by atoms with Gasteiger partial charge in [-0.1, -0.05) is 30.3 Å². The fraction of sp³-hybridized carbons (Fsp3) is 0.412. The number of aromatic nitrogens is 2. The average molecular weight is 296 g/mol. The maximum atomic E-state index is 12.7. The van der Waals surface area contributed by atoms with Crippen LogP contribution in [-0.4, -0.2) is 34.1 Å². The average Bonchev–Trinajstić information content (AvgIpc) is 3.18. The van der Waals surface area contributed by atoms with Crippen molar-refractivity contribution in [3.63, 3.8) is 0 Å². The number of likely N-dealkylation sites (tertiary alicyclic amines) is 1. The molecule has 1 amide bonds. The number of aromatic amines is 1. The van der Waals surface area contributed by atoms with Gasteiger partial charge in [-0.15, -0.1) is 0 Å². The van der Waals surface area contributed by atoms with Crippen molar-refractivity contribution < 1.29 is 4.79 Å². The second-order valence-electron chi connectivity index (χ2n) is 6.11. The fourth-order valence-corrected chi connectivity index (χ4v) is 3.52. The minimum absolute atomic E-state index is 0.0766. The quantitative estimate of drug-likeness (QED) is 0.891. The lowest BCUT2D eigenvalue weighted by Crippen LogP contribution is -2.38. The summed E-state index contributed by atoms with van der Waals surface area (Å²) >= 11 is 0. The Kier molecular flexibility index (Phi) is 3.42. The highest BCUT2D eigenvalue weighted by Gasteiger charge is 2.29. The summed E-state index contributed by atoms with van der Waals surface area (Å²) < 4.78 is 0. The van der Waals surface area contributed by atoms with E-state index in [9.17, 15) is 4.79 Å². The van der Waals surface area contributed by atoms with Crippen LogP contribution in [0.2, 0.25) is 0 Å². The van der Waals surface area contributed by atoms with E-state index in [1.165, 1.54) is 5.56 Å². The van der Waals surface area contributed by atoms with Gasteiger partial charge >= 0.3 is 0 Å². The molecule has 0 saturated carbocycles. The number of carbonyl (C=O) groups excluding carboxylic acids is 1. The molecule has 4 rings (SSSR count). The number of hydrogen-bond acceptors (Lipinski definition) is 3. The lowest BCUT2D eigenvalue weighted by Gasteiger charge is -2.32. The second kappa shape index (κ2) is 5.57. The number of nitrogens with one attached hydrogen (secondary N) is 2. The lowest BCUT2D eigenvalue weighted by atomic mass is 9.89. The molecule has 1 fully saturated rings. The van der Waals surface area contributed by atoms with E-state index in [2.05, 4.69) is 39.8 Å². The number of rotatable bonds is 2. The van der Waals surface area contributed by atoms with Crippen LogP contribution in [0.25, 0.3) is 0 Å². The summed E-state index contributed by atoms with van der Waals surface area (Å²) in [6, 6.07) is 10.6. The molecule has 2 aliphatic heterocycles. The van der Waals surface area contributed by atoms with Crippen molar-refractivity contribution in [3.8, 4) is 0 Å². The van der Waals surface area contributed by atoms with E-state index in [-0.39, 0.29) is 5.91 Å². The van der Waals surface area contributed by atoms with E-state index in [0.717, 1.165) is 50.3 Å². The Hall–Kier alpha value is -2.14. The van der Waals surface area contributed by atoms with E-state index in [0.29, 0.717) is 11.6 Å². The third kappa shape index (κ3) is 2.31. The summed E-state index contributed by atoms with van der Waals surface area (Å²) in [6.07, 6.45) is 2.06. The van der Waals surface area contributed by atoms with Gasteiger partial charge in [-0.05, 0) is 24.3 Å². The largest absolute Gasteiger partial charge is 0.337 e. The third-order valence-electron chi connectivity index (χ3n) is 4.81. The zero-order valence-corrected chi connectivity index (χ0v) is 12.5. The fourth-order valence-electron chi connectivity index (χ4n) is 3.52. The number of hydrogen-bond donors (Lipinski definition) is 2. The highest BCUT2D eigenvalue weighted by molar-refractivity contribution is 5.94. The van der Waals surface area contributed by atoms with Gasteiger partial charge < -0.3 is 10.2 Å². The van der Waals surface area contributed by atoms with Crippen LogP contribution in [-0.2, 0) is 13.1 Å². The predicted molar refractivity (Wildman–Crippen MR) is 83.5 cm³/mol. The van der Waals surface area contributed by atoms with E-state index < -0.39 is 0 Å². The van der Waals surface area contributed by atoms with Gasteiger partial charge in [-0.25, -0.2) is 0 Å². The molecule has 2 N–H and O–H groups in total. The SMILES string of the molecule is O=C(c1n[nH]c2c1CNC2)N1CCC(c2ccccc2)CC1. The minimum atomic E-state index is 0.0766. The monoisotopic (exact) mass is 296 g/mol. The van der Waals surface area contributed by atoms with E-state index in [1.54, 1.807) is 0 Å². The van der Waals surface area contributed by atoms with E-state index >= 15 is 0 Å². The van der Waals surface area contributed by atoms with Crippen molar-refractivity contribution in [1.29, 1.82) is 0 Å². The van der Waals surface area contributed by atoms with Gasteiger partial charge in [0, 0.05) is 31.7 Å². The lowest BCUT2D eigenvalue weighted by molar-refractivity contribution is 0.0706. The Balaban J connectivity index is 1.44. The second-order valence-corrected chi connectivity index (χ2v) is 6.11. The van der Waals surface area contributed by atoms with Crippen molar-refractivity contribution in [2.45, 2.75) is 31.8 Å². The molecule has 0 spiro atoms. The van der Waals surface area contributed by atoms with Crippen molar-refractivity contribution in [3.05, 3.63) is 52.8 Å². The van der Waals surface area contributed by atoms with Crippen LogP contribution in [0.4, 0.5) is 0 Å². The summed E-state index contributed by atoms with van der Waals surface area (Å²) in [7, 11) is 0. The molecule has 5 nitrogen and oxygen atoms in total. The van der Waals surface area contributed by atoms with E-state index in [1.807, 2.05) is 11.0 Å². The molecule has 2 aliphatic rings. The van der Waals surface area contributed by atoms with Gasteiger partial charge in [0.25, 0.3) is 5.91 Å². The van der Waals surface area contributed by atoms with Crippen LogP contribution in [0, 0.1) is 0 Å². The Bertz CT molecular complexity index is 671. The normalized spacial score (nSPS) is 18.5. The standard InChI is InChI=1S/C17H20N4O/c22-17(16-14-10-18-11-15(14)19-20-16)21-8-6-13(7-9-21)12-4-2-1-3-5-12/h1-5,13,18H,6-11H2,(H,19,20). The molecule has 0 atom stereocenters. The van der Waals surface area contributed by atoms with Crippen LogP contribution in [0.3, 0.4) is 0 Å². The highest BCUT2D eigenvalue weighted by atomic mass is 16.2. The topological polar surface area (TPSA) is 61.0 Å². The van der Waals surface area contributed by atoms with Crippen LogP contribution in [0.15, 0.2) is 30.3 Å². The predicted octanol–water partition coefficient (Wildman–Crippen LogP) is 2.03. The molecule has 2 aromatic rings. The summed E-state index contributed by atoms with van der Waals surface area (Å²) in [4.78, 5) is 14.6. The summed E-state index contributed by atoms with van der Waals surface area (Å²) in [5, 5.41) is 10.5. The molecule has 1 aromatic carbocycles. The van der Waals surface area contributed by atoms with Gasteiger partial charge in [0.15, 0.2) is 5.69 Å². The van der Waals surface area contributed by atoms with Crippen molar-refractivity contribution in [2.24, 2.45) is 0 Å². The van der Waals surface area contributed by atoms with Crippen molar-refractivity contribution >= 4 is 5.91 Å². The van der Waals surface area contributed by atoms with Crippen LogP contribution >= 0.6 is 0 Å². The van der Waals surface area contributed by atoms with Crippen molar-refractivity contribution in [1.82, 2.24) is 20.4 Å². The Morgan fingerprint density at radius 1 is 1.14 bits per heavy atom. The first-order chi connectivity index (χ1) is 10.8. The zero-order chi connectivity index (χ0) is 14.9. The summed E-state index contributed by atoms with van der Waals surface area (Å²) in [5.41, 5.74) is 4.11. The molecule has 1 saturated heterocycles. The number of benzene rings is 1. The zero-order valence-electron chi connectivity index (χ0n) is 12.5. The number of carbonyl (C=O) groups is 1. The summed E-state index contributed by atoms with van der Waals surface area (Å²) in [6.45, 7) is 3.15. The van der Waals surface area contributed by atoms with Gasteiger partial charge in [-0.2, -0.15) is 5.10 Å². The molecule has 0 bridgehead atoms. The maximum Gasteiger partial charge on any atom is 0.274 e. The number of amides is 1. The molecule has 1 aromatic heterocycles. The Labute approximate surface area is 129 Å². The Morgan fingerprint density at radius 3 is 2.68 bits per heavy atom. The van der Waals surface area contributed by atoms with E-state index in [4.69, 9.17) is 0 Å². The van der Waals surface area contributed by atoms with Gasteiger partial charge in [-0.3, -0.25) is 9.89 Å². The van der Waals surface area contributed by atoms with Crippen molar-refractivity contribution in [2.75, 3.05) is 13.1 Å². The summed E-state index contributed by atoms with van der Waals surface area (Å²) in [5.74, 6) is 0.643. The molecule has 5 heteroatoms. The number of piperidine rings is 1. The number of nitrogens with zero attached hydrogens (tertiary/aromatic N) is 2. The Morgan fingerprint density at radius 2 is 1.91 bits per heavy atom. The molecule has 0 unspecified atom stereocenters. The van der Waals surface area contributed by atoms with Crippen LogP contribution in [0.5, 0.6) is 0 Å². The third-order valence-corrected chi connectivity index (χ3v) is 4.81. The van der Waals surface area contributed by atoms with Crippen LogP contribution < -0.4 is 5.32 Å². The van der Waals surface area contributed by atoms with Gasteiger partial charge in [0.2, 0.25) is 0 Å². The molecule has 0 radical (unpaired) electrons. The number of fused-ring (bicyclic) bond motifs is 1. The first-order valence-corrected chi connectivity index (χ1v) is 7.94. The van der Waals surface area contributed by atoms with Gasteiger partial charge in [0.1, 0.15) is 0 Å². The molecule has 22 heavy (non-hydrogen) atoms. The van der Waals surface area contributed by atoms with Gasteiger partial charge in [0.05, 0.1) is 5.69 Å². The first kappa shape index (κ1) is 13.5. The first-order valence-electron chi connectivity index (χ1n) is 7.94. The number of H-pyrrole nitrogens is 1. The minimum Gasteiger partial charge on any atom is -0.337 e. The van der Waals surface area contributed by atoms with Crippen LogP contribution in [0.1, 0.15) is 46.1 Å². The molecular weight excluding hydrogens is 276 g/mol. The molecular formula is C17H20N4O. The molecule has 114 valence electrons. The highest BCUT2D eigenvalue weighted by Crippen LogP contribution is 2.29. The maximum absolute atomic E-state index is 12.7. The molecule has 3 heterocycles.